The van der Waals surface area contributed by atoms with Gasteiger partial charge in [0.25, 0.3) is 5.91 Å². The van der Waals surface area contributed by atoms with Crippen LogP contribution in [0.25, 0.3) is 16.9 Å². The first kappa shape index (κ1) is 20.2. The van der Waals surface area contributed by atoms with Gasteiger partial charge in [0.15, 0.2) is 0 Å². The third-order valence-electron chi connectivity index (χ3n) is 5.87. The number of hydrogen-bond donors (Lipinski definition) is 2. The Bertz CT molecular complexity index is 1260. The Kier molecular flexibility index (Phi) is 5.33. The zero-order chi connectivity index (χ0) is 22.1. The number of imidazole rings is 1. The number of nitrogens with one attached hydrogen (secondary N) is 1. The second kappa shape index (κ2) is 8.43. The Hall–Kier alpha value is -3.71. The molecule has 1 saturated heterocycles. The van der Waals surface area contributed by atoms with E-state index < -0.39 is 5.91 Å². The molecule has 0 bridgehead atoms. The van der Waals surface area contributed by atoms with Gasteiger partial charge in [0.1, 0.15) is 34.4 Å². The topological polar surface area (TPSA) is 81.7 Å². The van der Waals surface area contributed by atoms with Gasteiger partial charge in [0, 0.05) is 11.8 Å². The van der Waals surface area contributed by atoms with Crippen LogP contribution in [-0.2, 0) is 0 Å². The number of carbonyl (C=O) groups is 1. The van der Waals surface area contributed by atoms with Crippen molar-refractivity contribution in [3.63, 3.8) is 0 Å². The average Bonchev–Trinajstić information content (AvgIpc) is 3.22. The maximum atomic E-state index is 13.1. The van der Waals surface area contributed by atoms with Crippen molar-refractivity contribution in [2.75, 3.05) is 13.1 Å². The molecular formula is C25H23FN4O2. The highest BCUT2D eigenvalue weighted by Gasteiger charge is 2.24. The Labute approximate surface area is 184 Å². The van der Waals surface area contributed by atoms with Crippen molar-refractivity contribution >= 4 is 11.6 Å². The Balaban J connectivity index is 1.52. The summed E-state index contributed by atoms with van der Waals surface area (Å²) >= 11 is 0. The number of benzene rings is 2. The van der Waals surface area contributed by atoms with Crippen molar-refractivity contribution in [3.8, 4) is 22.8 Å². The van der Waals surface area contributed by atoms with Gasteiger partial charge >= 0.3 is 0 Å². The van der Waals surface area contributed by atoms with Gasteiger partial charge in [0.05, 0.1) is 0 Å². The maximum absolute atomic E-state index is 13.1. The molecular weight excluding hydrogens is 407 g/mol. The van der Waals surface area contributed by atoms with E-state index in [2.05, 4.69) is 11.4 Å². The molecule has 5 rings (SSSR count). The number of primary amides is 1. The summed E-state index contributed by atoms with van der Waals surface area (Å²) in [5.74, 6) is 0.683. The van der Waals surface area contributed by atoms with Gasteiger partial charge in [-0.2, -0.15) is 0 Å². The highest BCUT2D eigenvalue weighted by atomic mass is 19.1. The summed E-state index contributed by atoms with van der Waals surface area (Å²) in [4.78, 5) is 17.3. The van der Waals surface area contributed by atoms with Gasteiger partial charge in [-0.1, -0.05) is 6.07 Å². The van der Waals surface area contributed by atoms with Crippen LogP contribution in [0, 0.1) is 5.82 Å². The summed E-state index contributed by atoms with van der Waals surface area (Å²) in [6.07, 6.45) is 3.90. The summed E-state index contributed by atoms with van der Waals surface area (Å²) in [6.45, 7) is 1.94. The standard InChI is InChI=1S/C25H23FN4O2/c26-18-5-9-20(10-6-18)32-19-7-3-17(4-8-19)22-23(24(27)31)30-15-1-2-21(25(30)29-22)16-11-13-28-14-12-16/h1-10,15-16,28H,11-14H2,(H2,27,31). The van der Waals surface area contributed by atoms with Crippen molar-refractivity contribution in [2.24, 2.45) is 5.73 Å². The van der Waals surface area contributed by atoms with E-state index in [1.165, 1.54) is 12.1 Å². The van der Waals surface area contributed by atoms with Gasteiger partial charge in [-0.3, -0.25) is 9.20 Å². The molecule has 3 N–H and O–H groups in total. The molecule has 0 saturated carbocycles. The van der Waals surface area contributed by atoms with Crippen LogP contribution in [0.1, 0.15) is 34.8 Å². The normalized spacial score (nSPS) is 14.5. The Morgan fingerprint density at radius 1 is 1.03 bits per heavy atom. The minimum absolute atomic E-state index is 0.317. The molecule has 4 aromatic rings. The number of amides is 1. The van der Waals surface area contributed by atoms with Crippen LogP contribution in [0.4, 0.5) is 4.39 Å². The number of ether oxygens (including phenoxy) is 1. The number of pyridine rings is 1. The van der Waals surface area contributed by atoms with Gasteiger partial charge in [-0.05, 0) is 92.0 Å². The van der Waals surface area contributed by atoms with Crippen LogP contribution in [0.15, 0.2) is 66.9 Å². The first-order valence-electron chi connectivity index (χ1n) is 10.7. The van der Waals surface area contributed by atoms with Gasteiger partial charge < -0.3 is 15.8 Å². The lowest BCUT2D eigenvalue weighted by Gasteiger charge is -2.23. The minimum atomic E-state index is -0.526. The Morgan fingerprint density at radius 3 is 2.34 bits per heavy atom. The second-order valence-corrected chi connectivity index (χ2v) is 7.94. The van der Waals surface area contributed by atoms with Crippen molar-refractivity contribution in [1.29, 1.82) is 0 Å². The smallest absolute Gasteiger partial charge is 0.268 e. The number of piperidine rings is 1. The molecule has 0 radical (unpaired) electrons. The number of rotatable bonds is 5. The van der Waals surface area contributed by atoms with E-state index in [1.807, 2.05) is 24.4 Å². The van der Waals surface area contributed by atoms with Gasteiger partial charge in [0.2, 0.25) is 0 Å². The van der Waals surface area contributed by atoms with Crippen LogP contribution in [-0.4, -0.2) is 28.4 Å². The van der Waals surface area contributed by atoms with E-state index in [9.17, 15) is 9.18 Å². The molecule has 1 aliphatic heterocycles. The predicted octanol–water partition coefficient (Wildman–Crippen LogP) is 4.50. The quantitative estimate of drug-likeness (QED) is 0.489. The molecule has 162 valence electrons. The number of carbonyl (C=O) groups excluding carboxylic acids is 1. The molecule has 0 unspecified atom stereocenters. The minimum Gasteiger partial charge on any atom is -0.457 e. The Morgan fingerprint density at radius 2 is 1.69 bits per heavy atom. The van der Waals surface area contributed by atoms with Crippen molar-refractivity contribution in [2.45, 2.75) is 18.8 Å². The fourth-order valence-corrected chi connectivity index (χ4v) is 4.30. The van der Waals surface area contributed by atoms with E-state index in [0.717, 1.165) is 42.7 Å². The van der Waals surface area contributed by atoms with Crippen LogP contribution in [0.5, 0.6) is 11.5 Å². The molecule has 1 aliphatic rings. The monoisotopic (exact) mass is 430 g/mol. The molecule has 7 heteroatoms. The summed E-state index contributed by atoms with van der Waals surface area (Å²) in [5, 5.41) is 3.39. The van der Waals surface area contributed by atoms with Crippen LogP contribution >= 0.6 is 0 Å². The number of hydrogen-bond acceptors (Lipinski definition) is 4. The SMILES string of the molecule is NC(=O)c1c(-c2ccc(Oc3ccc(F)cc3)cc2)nc2c(C3CCNCC3)cccn12. The highest BCUT2D eigenvalue weighted by molar-refractivity contribution is 5.98. The zero-order valence-electron chi connectivity index (χ0n) is 17.4. The van der Waals surface area contributed by atoms with Gasteiger partial charge in [-0.25, -0.2) is 9.37 Å². The molecule has 0 aliphatic carbocycles. The van der Waals surface area contributed by atoms with Crippen LogP contribution < -0.4 is 15.8 Å². The molecule has 2 aromatic carbocycles. The summed E-state index contributed by atoms with van der Waals surface area (Å²) < 4.78 is 20.7. The second-order valence-electron chi connectivity index (χ2n) is 7.94. The first-order chi connectivity index (χ1) is 15.6. The average molecular weight is 430 g/mol. The molecule has 1 fully saturated rings. The number of fused-ring (bicyclic) bond motifs is 1. The van der Waals surface area contributed by atoms with Crippen LogP contribution in [0.3, 0.4) is 0 Å². The van der Waals surface area contributed by atoms with E-state index in [4.69, 9.17) is 15.5 Å². The van der Waals surface area contributed by atoms with Crippen molar-refractivity contribution in [3.05, 3.63) is 83.9 Å². The van der Waals surface area contributed by atoms with E-state index in [0.29, 0.717) is 28.8 Å². The third kappa shape index (κ3) is 3.83. The van der Waals surface area contributed by atoms with Crippen molar-refractivity contribution < 1.29 is 13.9 Å². The molecule has 6 nitrogen and oxygen atoms in total. The fourth-order valence-electron chi connectivity index (χ4n) is 4.30. The number of nitrogens with two attached hydrogens (primary N) is 1. The number of halogens is 1. The molecule has 3 heterocycles. The largest absolute Gasteiger partial charge is 0.457 e. The van der Waals surface area contributed by atoms with Crippen molar-refractivity contribution in [1.82, 2.24) is 14.7 Å². The lowest BCUT2D eigenvalue weighted by atomic mass is 9.91. The lowest BCUT2D eigenvalue weighted by molar-refractivity contribution is 0.0995. The fraction of sp³-hybridized carbons (Fsp3) is 0.200. The number of aromatic nitrogens is 2. The molecule has 32 heavy (non-hydrogen) atoms. The summed E-state index contributed by atoms with van der Waals surface area (Å²) in [5.41, 5.74) is 9.36. The summed E-state index contributed by atoms with van der Waals surface area (Å²) in [6, 6.07) is 17.1. The molecule has 0 atom stereocenters. The highest BCUT2D eigenvalue weighted by Crippen LogP contribution is 2.33. The zero-order valence-corrected chi connectivity index (χ0v) is 17.4. The van der Waals surface area contributed by atoms with E-state index in [-0.39, 0.29) is 5.82 Å². The van der Waals surface area contributed by atoms with E-state index in [1.54, 1.807) is 28.7 Å². The summed E-state index contributed by atoms with van der Waals surface area (Å²) in [7, 11) is 0. The third-order valence-corrected chi connectivity index (χ3v) is 5.87. The molecule has 1 amide bonds. The predicted molar refractivity (Wildman–Crippen MR) is 120 cm³/mol. The number of nitrogens with zero attached hydrogens (tertiary/aromatic N) is 2. The molecule has 0 spiro atoms. The van der Waals surface area contributed by atoms with E-state index >= 15 is 0 Å². The first-order valence-corrected chi connectivity index (χ1v) is 10.7. The lowest BCUT2D eigenvalue weighted by Crippen LogP contribution is -2.27. The van der Waals surface area contributed by atoms with Crippen LogP contribution in [0.2, 0.25) is 0 Å². The molecule has 2 aromatic heterocycles. The maximum Gasteiger partial charge on any atom is 0.268 e. The van der Waals surface area contributed by atoms with Gasteiger partial charge in [-0.15, -0.1) is 0 Å².